The van der Waals surface area contributed by atoms with Crippen LogP contribution < -0.4 is 9.62 Å². The number of amides is 2. The van der Waals surface area contributed by atoms with E-state index in [-0.39, 0.29) is 17.3 Å². The number of anilines is 1. The van der Waals surface area contributed by atoms with Crippen LogP contribution in [0.1, 0.15) is 37.0 Å². The zero-order valence-electron chi connectivity index (χ0n) is 22.4. The first-order chi connectivity index (χ1) is 18.5. The molecule has 10 heteroatoms. The lowest BCUT2D eigenvalue weighted by Gasteiger charge is -2.33. The zero-order chi connectivity index (χ0) is 28.7. The number of benzene rings is 3. The number of sulfonamides is 1. The predicted octanol–water partition coefficient (Wildman–Crippen LogP) is 5.75. The number of halogens is 2. The fourth-order valence-corrected chi connectivity index (χ4v) is 6.14. The molecule has 3 aromatic rings. The Kier molecular flexibility index (Phi) is 10.4. The highest BCUT2D eigenvalue weighted by atomic mass is 35.5. The largest absolute Gasteiger partial charge is 0.355 e. The maximum Gasteiger partial charge on any atom is 0.264 e. The molecule has 208 valence electrons. The molecule has 0 unspecified atom stereocenters. The molecule has 0 aliphatic heterocycles. The first-order valence-corrected chi connectivity index (χ1v) is 14.8. The van der Waals surface area contributed by atoms with E-state index in [1.54, 1.807) is 62.4 Å². The normalized spacial score (nSPS) is 12.1. The first kappa shape index (κ1) is 30.5. The van der Waals surface area contributed by atoms with Gasteiger partial charge in [0.25, 0.3) is 10.0 Å². The van der Waals surface area contributed by atoms with Crippen molar-refractivity contribution >= 4 is 50.7 Å². The minimum atomic E-state index is -4.14. The number of nitrogens with zero attached hydrogens (tertiary/aromatic N) is 2. The number of carbonyl (C=O) groups excluding carboxylic acids is 2. The summed E-state index contributed by atoms with van der Waals surface area (Å²) in [5.74, 6) is -0.915. The Hall–Kier alpha value is -3.07. The molecule has 7 nitrogen and oxygen atoms in total. The Morgan fingerprint density at radius 1 is 0.897 bits per heavy atom. The summed E-state index contributed by atoms with van der Waals surface area (Å²) in [6.07, 6.45) is 0.300. The van der Waals surface area contributed by atoms with Crippen molar-refractivity contribution in [3.05, 3.63) is 93.5 Å². The van der Waals surface area contributed by atoms with E-state index in [0.29, 0.717) is 34.3 Å². The minimum absolute atomic E-state index is 0.0545. The fraction of sp³-hybridized carbons (Fsp3) is 0.310. The summed E-state index contributed by atoms with van der Waals surface area (Å²) >= 11 is 12.8. The van der Waals surface area contributed by atoms with Crippen LogP contribution in [0.15, 0.2) is 71.6 Å². The second kappa shape index (κ2) is 13.3. The summed E-state index contributed by atoms with van der Waals surface area (Å²) in [6, 6.07) is 17.5. The Morgan fingerprint density at radius 3 is 2.08 bits per heavy atom. The van der Waals surface area contributed by atoms with Crippen LogP contribution in [0.25, 0.3) is 0 Å². The number of hydrogen-bond acceptors (Lipinski definition) is 4. The molecule has 3 aromatic carbocycles. The maximum absolute atomic E-state index is 14.0. The second-order valence-corrected chi connectivity index (χ2v) is 11.9. The standard InChI is InChI=1S/C29H33Cl2N3O4S/c1-5-27(29(36)32-6-2)33(18-24-25(30)11-8-12-26(24)31)28(35)19-34(22-10-7-9-21(4)17-22)39(37,38)23-15-13-20(3)14-16-23/h7-17,27H,5-6,18-19H2,1-4H3,(H,32,36)/t27-/m1/s1. The summed E-state index contributed by atoms with van der Waals surface area (Å²) in [7, 11) is -4.14. The molecular weight excluding hydrogens is 557 g/mol. The van der Waals surface area contributed by atoms with E-state index in [9.17, 15) is 18.0 Å². The van der Waals surface area contributed by atoms with Gasteiger partial charge in [0.15, 0.2) is 0 Å². The molecule has 1 N–H and O–H groups in total. The lowest BCUT2D eigenvalue weighted by atomic mass is 10.1. The lowest BCUT2D eigenvalue weighted by Crippen LogP contribution is -2.52. The Morgan fingerprint density at radius 2 is 1.51 bits per heavy atom. The van der Waals surface area contributed by atoms with E-state index in [1.807, 2.05) is 19.9 Å². The van der Waals surface area contributed by atoms with Gasteiger partial charge in [0, 0.05) is 28.7 Å². The van der Waals surface area contributed by atoms with Crippen molar-refractivity contribution in [2.75, 3.05) is 17.4 Å². The van der Waals surface area contributed by atoms with Crippen molar-refractivity contribution in [2.24, 2.45) is 0 Å². The van der Waals surface area contributed by atoms with Gasteiger partial charge in [-0.15, -0.1) is 0 Å². The Balaban J connectivity index is 2.10. The van der Waals surface area contributed by atoms with Gasteiger partial charge in [-0.05, 0) is 69.2 Å². The van der Waals surface area contributed by atoms with Crippen LogP contribution in [0.5, 0.6) is 0 Å². The van der Waals surface area contributed by atoms with Crippen molar-refractivity contribution in [2.45, 2.75) is 51.6 Å². The van der Waals surface area contributed by atoms with E-state index in [0.717, 1.165) is 15.4 Å². The Bertz CT molecular complexity index is 1410. The van der Waals surface area contributed by atoms with Crippen LogP contribution in [-0.4, -0.2) is 44.3 Å². The van der Waals surface area contributed by atoms with Gasteiger partial charge >= 0.3 is 0 Å². The summed E-state index contributed by atoms with van der Waals surface area (Å²) < 4.78 is 28.9. The molecule has 0 aliphatic carbocycles. The molecule has 0 saturated heterocycles. The minimum Gasteiger partial charge on any atom is -0.355 e. The molecule has 0 saturated carbocycles. The predicted molar refractivity (Wildman–Crippen MR) is 157 cm³/mol. The number of nitrogens with one attached hydrogen (secondary N) is 1. The molecule has 1 atom stereocenters. The van der Waals surface area contributed by atoms with Crippen LogP contribution in [0.4, 0.5) is 5.69 Å². The molecule has 0 spiro atoms. The van der Waals surface area contributed by atoms with Crippen molar-refractivity contribution in [1.82, 2.24) is 10.2 Å². The highest BCUT2D eigenvalue weighted by Crippen LogP contribution is 2.29. The lowest BCUT2D eigenvalue weighted by molar-refractivity contribution is -0.140. The van der Waals surface area contributed by atoms with E-state index < -0.39 is 28.5 Å². The van der Waals surface area contributed by atoms with E-state index in [1.165, 1.54) is 17.0 Å². The molecule has 39 heavy (non-hydrogen) atoms. The molecule has 0 aliphatic rings. The van der Waals surface area contributed by atoms with E-state index in [2.05, 4.69) is 5.32 Å². The van der Waals surface area contributed by atoms with Crippen LogP contribution in [-0.2, 0) is 26.2 Å². The summed E-state index contributed by atoms with van der Waals surface area (Å²) in [5.41, 5.74) is 2.55. The van der Waals surface area contributed by atoms with Crippen molar-refractivity contribution in [3.63, 3.8) is 0 Å². The third kappa shape index (κ3) is 7.32. The van der Waals surface area contributed by atoms with Crippen molar-refractivity contribution < 1.29 is 18.0 Å². The van der Waals surface area contributed by atoms with Gasteiger partial charge in [0.2, 0.25) is 11.8 Å². The monoisotopic (exact) mass is 589 g/mol. The fourth-order valence-electron chi connectivity index (χ4n) is 4.21. The van der Waals surface area contributed by atoms with Crippen molar-refractivity contribution in [3.8, 4) is 0 Å². The smallest absolute Gasteiger partial charge is 0.264 e. The molecule has 0 fully saturated rings. The quantitative estimate of drug-likeness (QED) is 0.308. The van der Waals surface area contributed by atoms with Crippen LogP contribution in [0.2, 0.25) is 10.0 Å². The molecule has 0 aromatic heterocycles. The van der Waals surface area contributed by atoms with E-state index >= 15 is 0 Å². The van der Waals surface area contributed by atoms with Gasteiger partial charge < -0.3 is 10.2 Å². The van der Waals surface area contributed by atoms with Gasteiger partial charge in [-0.3, -0.25) is 13.9 Å². The van der Waals surface area contributed by atoms with Gasteiger partial charge in [-0.1, -0.05) is 66.0 Å². The first-order valence-electron chi connectivity index (χ1n) is 12.7. The van der Waals surface area contributed by atoms with Gasteiger partial charge in [-0.2, -0.15) is 0 Å². The van der Waals surface area contributed by atoms with E-state index in [4.69, 9.17) is 23.2 Å². The number of rotatable bonds is 11. The average molecular weight is 591 g/mol. The second-order valence-electron chi connectivity index (χ2n) is 9.20. The van der Waals surface area contributed by atoms with Gasteiger partial charge in [-0.25, -0.2) is 8.42 Å². The van der Waals surface area contributed by atoms with Crippen LogP contribution in [0.3, 0.4) is 0 Å². The van der Waals surface area contributed by atoms with Crippen molar-refractivity contribution in [1.29, 1.82) is 0 Å². The van der Waals surface area contributed by atoms with Gasteiger partial charge in [0.1, 0.15) is 12.6 Å². The topological polar surface area (TPSA) is 86.8 Å². The highest BCUT2D eigenvalue weighted by molar-refractivity contribution is 7.92. The number of carbonyl (C=O) groups is 2. The number of hydrogen-bond donors (Lipinski definition) is 1. The molecule has 2 amide bonds. The van der Waals surface area contributed by atoms with Gasteiger partial charge in [0.05, 0.1) is 10.6 Å². The molecule has 0 heterocycles. The Labute approximate surface area is 240 Å². The zero-order valence-corrected chi connectivity index (χ0v) is 24.8. The molecule has 3 rings (SSSR count). The molecular formula is C29H33Cl2N3O4S. The molecule has 0 radical (unpaired) electrons. The highest BCUT2D eigenvalue weighted by Gasteiger charge is 2.34. The third-order valence-electron chi connectivity index (χ3n) is 6.30. The molecule has 0 bridgehead atoms. The average Bonchev–Trinajstić information content (AvgIpc) is 2.89. The third-order valence-corrected chi connectivity index (χ3v) is 8.80. The summed E-state index contributed by atoms with van der Waals surface area (Å²) in [5, 5.41) is 3.45. The number of likely N-dealkylation sites (N-methyl/N-ethyl adjacent to an activating group) is 1. The van der Waals surface area contributed by atoms with Crippen LogP contribution >= 0.6 is 23.2 Å². The SMILES string of the molecule is CCNC(=O)[C@@H](CC)N(Cc1c(Cl)cccc1Cl)C(=O)CN(c1cccc(C)c1)S(=O)(=O)c1ccc(C)cc1. The summed E-state index contributed by atoms with van der Waals surface area (Å²) in [6.45, 7) is 7.06. The van der Waals surface area contributed by atoms with Crippen LogP contribution in [0, 0.1) is 13.8 Å². The number of aryl methyl sites for hydroxylation is 2. The summed E-state index contributed by atoms with van der Waals surface area (Å²) in [4.78, 5) is 28.5. The maximum atomic E-state index is 14.0.